The third kappa shape index (κ3) is 3.64. The first-order chi connectivity index (χ1) is 9.51. The van der Waals surface area contributed by atoms with Crippen LogP contribution in [-0.4, -0.2) is 24.7 Å². The summed E-state index contributed by atoms with van der Waals surface area (Å²) in [7, 11) is 0. The van der Waals surface area contributed by atoms with Gasteiger partial charge in [-0.2, -0.15) is 0 Å². The second kappa shape index (κ2) is 6.76. The lowest BCUT2D eigenvalue weighted by Gasteiger charge is -2.18. The van der Waals surface area contributed by atoms with Crippen molar-refractivity contribution < 1.29 is 9.53 Å². The molecule has 1 saturated heterocycles. The average Bonchev–Trinajstić information content (AvgIpc) is 2.90. The van der Waals surface area contributed by atoms with Gasteiger partial charge in [0, 0.05) is 6.54 Å². The third-order valence-corrected chi connectivity index (χ3v) is 4.20. The fourth-order valence-electron chi connectivity index (χ4n) is 2.24. The van der Waals surface area contributed by atoms with E-state index < -0.39 is 6.10 Å². The zero-order valence-electron chi connectivity index (χ0n) is 11.2. The first-order valence-electron chi connectivity index (χ1n) is 6.62. The van der Waals surface area contributed by atoms with Gasteiger partial charge in [0.15, 0.2) is 0 Å². The molecule has 6 heteroatoms. The number of nitrogens with two attached hydrogens (primary N) is 1. The summed E-state index contributed by atoms with van der Waals surface area (Å²) in [6, 6.07) is 5.17. The number of carbonyl (C=O) groups excluding carboxylic acids is 1. The van der Waals surface area contributed by atoms with Crippen molar-refractivity contribution in [2.24, 2.45) is 5.73 Å². The van der Waals surface area contributed by atoms with Crippen molar-refractivity contribution in [3.63, 3.8) is 0 Å². The molecule has 0 saturated carbocycles. The first kappa shape index (κ1) is 15.6. The van der Waals surface area contributed by atoms with Crippen molar-refractivity contribution in [3.8, 4) is 0 Å². The maximum absolute atomic E-state index is 12.1. The molecule has 0 spiro atoms. The Morgan fingerprint density at radius 2 is 2.20 bits per heavy atom. The molecular weight excluding hydrogens is 299 g/mol. The number of benzene rings is 1. The molecule has 1 aromatic carbocycles. The fraction of sp³-hybridized carbons (Fsp3) is 0.500. The van der Waals surface area contributed by atoms with Crippen molar-refractivity contribution in [3.05, 3.63) is 33.8 Å². The quantitative estimate of drug-likeness (QED) is 0.897. The average molecular weight is 317 g/mol. The van der Waals surface area contributed by atoms with Crippen molar-refractivity contribution in [2.75, 3.05) is 6.54 Å². The molecule has 0 aromatic heterocycles. The van der Waals surface area contributed by atoms with Gasteiger partial charge >= 0.3 is 0 Å². The number of carbonyl (C=O) groups is 1. The monoisotopic (exact) mass is 316 g/mol. The Bertz CT molecular complexity index is 496. The molecule has 1 unspecified atom stereocenters. The highest BCUT2D eigenvalue weighted by molar-refractivity contribution is 6.42. The van der Waals surface area contributed by atoms with Gasteiger partial charge in [-0.25, -0.2) is 0 Å². The minimum atomic E-state index is -0.409. The van der Waals surface area contributed by atoms with E-state index in [9.17, 15) is 4.79 Å². The van der Waals surface area contributed by atoms with Gasteiger partial charge in [-0.05, 0) is 37.5 Å². The molecule has 0 aliphatic carbocycles. The van der Waals surface area contributed by atoms with Crippen molar-refractivity contribution in [1.29, 1.82) is 0 Å². The molecule has 110 valence electrons. The van der Waals surface area contributed by atoms with Gasteiger partial charge in [-0.1, -0.05) is 29.3 Å². The highest BCUT2D eigenvalue weighted by atomic mass is 35.5. The van der Waals surface area contributed by atoms with Crippen molar-refractivity contribution in [2.45, 2.75) is 38.0 Å². The molecule has 20 heavy (non-hydrogen) atoms. The SMILES string of the molecule is CC(NC(=O)[C@@H]1CC[C@H](CN)O1)c1ccc(Cl)c(Cl)c1. The number of ether oxygens (including phenoxy) is 1. The van der Waals surface area contributed by atoms with E-state index in [2.05, 4.69) is 5.32 Å². The van der Waals surface area contributed by atoms with Crippen LogP contribution in [0.25, 0.3) is 0 Å². The standard InChI is InChI=1S/C14H18Cl2N2O2/c1-8(9-2-4-11(15)12(16)6-9)18-14(19)13-5-3-10(7-17)20-13/h2,4,6,8,10,13H,3,5,7,17H2,1H3,(H,18,19)/t8?,10-,13+/m1/s1. The largest absolute Gasteiger partial charge is 0.364 e. The summed E-state index contributed by atoms with van der Waals surface area (Å²) >= 11 is 11.9. The molecule has 1 fully saturated rings. The molecule has 1 heterocycles. The van der Waals surface area contributed by atoms with Crippen molar-refractivity contribution in [1.82, 2.24) is 5.32 Å². The molecule has 4 nitrogen and oxygen atoms in total. The molecule has 1 aliphatic heterocycles. The zero-order valence-corrected chi connectivity index (χ0v) is 12.7. The predicted octanol–water partition coefficient (Wildman–Crippen LogP) is 2.68. The number of amides is 1. The summed E-state index contributed by atoms with van der Waals surface area (Å²) in [4.78, 5) is 12.1. The van der Waals surface area contributed by atoms with Gasteiger partial charge in [-0.3, -0.25) is 4.79 Å². The van der Waals surface area contributed by atoms with Crippen LogP contribution in [0, 0.1) is 0 Å². The Kier molecular flexibility index (Phi) is 5.27. The summed E-state index contributed by atoms with van der Waals surface area (Å²) in [5.41, 5.74) is 6.44. The molecule has 0 bridgehead atoms. The fourth-order valence-corrected chi connectivity index (χ4v) is 2.55. The molecular formula is C14H18Cl2N2O2. The summed E-state index contributed by atoms with van der Waals surface area (Å²) < 4.78 is 5.57. The second-order valence-corrected chi connectivity index (χ2v) is 5.78. The van der Waals surface area contributed by atoms with E-state index in [1.807, 2.05) is 13.0 Å². The van der Waals surface area contributed by atoms with E-state index >= 15 is 0 Å². The highest BCUT2D eigenvalue weighted by Gasteiger charge is 2.30. The summed E-state index contributed by atoms with van der Waals surface area (Å²) in [5.74, 6) is -0.112. The topological polar surface area (TPSA) is 64.4 Å². The molecule has 1 amide bonds. The van der Waals surface area contributed by atoms with E-state index in [0.717, 1.165) is 12.0 Å². The van der Waals surface area contributed by atoms with Crippen LogP contribution in [0.2, 0.25) is 10.0 Å². The Labute approximate surface area is 128 Å². The Hall–Kier alpha value is -0.810. The smallest absolute Gasteiger partial charge is 0.249 e. The third-order valence-electron chi connectivity index (χ3n) is 3.47. The van der Waals surface area contributed by atoms with Crippen LogP contribution in [0.4, 0.5) is 0 Å². The minimum Gasteiger partial charge on any atom is -0.364 e. The molecule has 3 N–H and O–H groups in total. The van der Waals surface area contributed by atoms with Gasteiger partial charge in [0.25, 0.3) is 0 Å². The van der Waals surface area contributed by atoms with E-state index in [4.69, 9.17) is 33.7 Å². The van der Waals surface area contributed by atoms with Crippen LogP contribution in [0.15, 0.2) is 18.2 Å². The van der Waals surface area contributed by atoms with E-state index in [0.29, 0.717) is 23.0 Å². The van der Waals surface area contributed by atoms with Crippen LogP contribution >= 0.6 is 23.2 Å². The van der Waals surface area contributed by atoms with Crippen LogP contribution in [-0.2, 0) is 9.53 Å². The molecule has 0 radical (unpaired) electrons. The zero-order chi connectivity index (χ0) is 14.7. The number of halogens is 2. The molecule has 1 aliphatic rings. The van der Waals surface area contributed by atoms with Crippen LogP contribution in [0.1, 0.15) is 31.4 Å². The van der Waals surface area contributed by atoms with Gasteiger partial charge in [0.05, 0.1) is 22.2 Å². The number of hydrogen-bond donors (Lipinski definition) is 2. The van der Waals surface area contributed by atoms with Crippen LogP contribution < -0.4 is 11.1 Å². The number of rotatable bonds is 4. The van der Waals surface area contributed by atoms with Gasteiger partial charge in [-0.15, -0.1) is 0 Å². The van der Waals surface area contributed by atoms with E-state index in [1.54, 1.807) is 12.1 Å². The lowest BCUT2D eigenvalue weighted by molar-refractivity contribution is -0.132. The van der Waals surface area contributed by atoms with Gasteiger partial charge in [0.2, 0.25) is 5.91 Å². The van der Waals surface area contributed by atoms with Crippen LogP contribution in [0.3, 0.4) is 0 Å². The molecule has 2 rings (SSSR count). The summed E-state index contributed by atoms with van der Waals surface area (Å²) in [5, 5.41) is 3.90. The normalized spacial score (nSPS) is 23.6. The van der Waals surface area contributed by atoms with E-state index in [1.165, 1.54) is 0 Å². The number of nitrogens with one attached hydrogen (secondary N) is 1. The minimum absolute atomic E-state index is 0.00830. The molecule has 1 aromatic rings. The first-order valence-corrected chi connectivity index (χ1v) is 7.37. The number of hydrogen-bond acceptors (Lipinski definition) is 3. The highest BCUT2D eigenvalue weighted by Crippen LogP contribution is 2.26. The Balaban J connectivity index is 1.95. The van der Waals surface area contributed by atoms with Crippen LogP contribution in [0.5, 0.6) is 0 Å². The summed E-state index contributed by atoms with van der Waals surface area (Å²) in [6.07, 6.45) is 1.12. The summed E-state index contributed by atoms with van der Waals surface area (Å²) in [6.45, 7) is 2.35. The second-order valence-electron chi connectivity index (χ2n) is 4.96. The van der Waals surface area contributed by atoms with Crippen molar-refractivity contribution >= 4 is 29.1 Å². The predicted molar refractivity (Wildman–Crippen MR) is 80.0 cm³/mol. The lowest BCUT2D eigenvalue weighted by Crippen LogP contribution is -2.37. The Morgan fingerprint density at radius 1 is 1.45 bits per heavy atom. The van der Waals surface area contributed by atoms with E-state index in [-0.39, 0.29) is 18.1 Å². The maximum atomic E-state index is 12.1. The van der Waals surface area contributed by atoms with Gasteiger partial charge in [0.1, 0.15) is 6.10 Å². The Morgan fingerprint density at radius 3 is 2.80 bits per heavy atom. The van der Waals surface area contributed by atoms with Gasteiger partial charge < -0.3 is 15.8 Å². The molecule has 3 atom stereocenters. The maximum Gasteiger partial charge on any atom is 0.249 e. The lowest BCUT2D eigenvalue weighted by atomic mass is 10.1.